The molecule has 1 rings (SSSR count). The Morgan fingerprint density at radius 2 is 2.12 bits per heavy atom. The average Bonchev–Trinajstić information content (AvgIpc) is 2.26. The number of ether oxygens (including phenoxy) is 1. The number of benzene rings is 1. The van der Waals surface area contributed by atoms with E-state index >= 15 is 0 Å². The van der Waals surface area contributed by atoms with Crippen molar-refractivity contribution in [2.45, 2.75) is 38.2 Å². The van der Waals surface area contributed by atoms with Crippen LogP contribution < -0.4 is 10.1 Å². The third-order valence-electron chi connectivity index (χ3n) is 2.96. The van der Waals surface area contributed by atoms with E-state index in [1.807, 2.05) is 26.8 Å². The highest BCUT2D eigenvalue weighted by Gasteiger charge is 2.23. The third kappa shape index (κ3) is 3.86. The zero-order valence-corrected chi connectivity index (χ0v) is 11.4. The zero-order chi connectivity index (χ0) is 13.1. The summed E-state index contributed by atoms with van der Waals surface area (Å²) >= 11 is 6.06. The Balaban J connectivity index is 2.67. The van der Waals surface area contributed by atoms with Crippen molar-refractivity contribution >= 4 is 11.6 Å². The van der Waals surface area contributed by atoms with Crippen LogP contribution in [0.1, 0.15) is 26.3 Å². The number of rotatable bonds is 5. The summed E-state index contributed by atoms with van der Waals surface area (Å²) in [5.41, 5.74) is 0.673. The molecule has 96 valence electrons. The average molecular weight is 260 g/mol. The minimum absolute atomic E-state index is 0.00871. The fourth-order valence-corrected chi connectivity index (χ4v) is 1.37. The van der Waals surface area contributed by atoms with Crippen LogP contribution in [0.4, 0.5) is 4.39 Å². The minimum Gasteiger partial charge on any atom is -0.494 e. The van der Waals surface area contributed by atoms with Gasteiger partial charge in [0.15, 0.2) is 11.6 Å². The van der Waals surface area contributed by atoms with Crippen molar-refractivity contribution in [3.8, 4) is 5.75 Å². The Labute approximate surface area is 107 Å². The van der Waals surface area contributed by atoms with E-state index in [1.54, 1.807) is 6.07 Å². The maximum Gasteiger partial charge on any atom is 0.165 e. The molecule has 0 radical (unpaired) electrons. The molecule has 1 unspecified atom stereocenters. The van der Waals surface area contributed by atoms with Crippen LogP contribution in [0.15, 0.2) is 18.2 Å². The van der Waals surface area contributed by atoms with Gasteiger partial charge in [-0.3, -0.25) is 0 Å². The molecule has 2 nitrogen and oxygen atoms in total. The molecular formula is C13H19ClFNO. The Hall–Kier alpha value is -0.800. The number of alkyl halides is 1. The summed E-state index contributed by atoms with van der Waals surface area (Å²) in [5.74, 6) is -0.0813. The van der Waals surface area contributed by atoms with Gasteiger partial charge in [-0.25, -0.2) is 4.39 Å². The van der Waals surface area contributed by atoms with Gasteiger partial charge in [0, 0.05) is 17.5 Å². The molecule has 1 atom stereocenters. The van der Waals surface area contributed by atoms with Gasteiger partial charge in [0.1, 0.15) is 0 Å². The number of hydrogen-bond acceptors (Lipinski definition) is 2. The van der Waals surface area contributed by atoms with Gasteiger partial charge in [-0.05, 0) is 38.5 Å². The maximum atomic E-state index is 13.5. The highest BCUT2D eigenvalue weighted by Crippen LogP contribution is 2.19. The van der Waals surface area contributed by atoms with Crippen LogP contribution in [-0.4, -0.2) is 18.0 Å². The largest absolute Gasteiger partial charge is 0.494 e. The maximum absolute atomic E-state index is 13.5. The van der Waals surface area contributed by atoms with E-state index in [1.165, 1.54) is 13.2 Å². The highest BCUT2D eigenvalue weighted by atomic mass is 35.5. The summed E-state index contributed by atoms with van der Waals surface area (Å²) in [6.07, 6.45) is 0. The molecule has 0 spiro atoms. The fraction of sp³-hybridized carbons (Fsp3) is 0.538. The first kappa shape index (κ1) is 14.3. The predicted molar refractivity (Wildman–Crippen MR) is 69.2 cm³/mol. The van der Waals surface area contributed by atoms with Crippen molar-refractivity contribution in [1.82, 2.24) is 5.32 Å². The molecule has 0 aromatic heterocycles. The zero-order valence-electron chi connectivity index (χ0n) is 10.7. The molecule has 0 fully saturated rings. The first-order chi connectivity index (χ1) is 7.86. The number of methoxy groups -OCH3 is 1. The minimum atomic E-state index is -0.344. The number of halogens is 2. The summed E-state index contributed by atoms with van der Waals surface area (Å²) < 4.78 is 18.3. The first-order valence-corrected chi connectivity index (χ1v) is 6.02. The molecule has 0 aliphatic heterocycles. The molecular weight excluding hydrogens is 241 g/mol. The Morgan fingerprint density at radius 3 is 2.59 bits per heavy atom. The van der Waals surface area contributed by atoms with Crippen LogP contribution in [-0.2, 0) is 6.54 Å². The molecule has 0 saturated carbocycles. The predicted octanol–water partition coefficient (Wildman–Crippen LogP) is 3.33. The van der Waals surface area contributed by atoms with Crippen LogP contribution in [0.25, 0.3) is 0 Å². The van der Waals surface area contributed by atoms with E-state index in [0.717, 1.165) is 5.56 Å². The van der Waals surface area contributed by atoms with Crippen molar-refractivity contribution < 1.29 is 9.13 Å². The van der Waals surface area contributed by atoms with E-state index in [2.05, 4.69) is 5.32 Å². The van der Waals surface area contributed by atoms with Crippen molar-refractivity contribution in [1.29, 1.82) is 0 Å². The molecule has 0 heterocycles. The van der Waals surface area contributed by atoms with Crippen LogP contribution in [0.5, 0.6) is 5.75 Å². The van der Waals surface area contributed by atoms with Gasteiger partial charge in [0.05, 0.1) is 7.11 Å². The van der Waals surface area contributed by atoms with E-state index < -0.39 is 0 Å². The van der Waals surface area contributed by atoms with Crippen LogP contribution in [0.2, 0.25) is 0 Å². The lowest BCUT2D eigenvalue weighted by molar-refractivity contribution is 0.375. The Kier molecular flexibility index (Phi) is 4.78. The highest BCUT2D eigenvalue weighted by molar-refractivity contribution is 6.21. The lowest BCUT2D eigenvalue weighted by Crippen LogP contribution is -2.45. The summed E-state index contributed by atoms with van der Waals surface area (Å²) in [6.45, 7) is 6.54. The van der Waals surface area contributed by atoms with E-state index in [-0.39, 0.29) is 22.5 Å². The molecule has 0 saturated heterocycles. The Bertz CT molecular complexity index is 380. The monoisotopic (exact) mass is 259 g/mol. The van der Waals surface area contributed by atoms with Crippen molar-refractivity contribution in [2.75, 3.05) is 7.11 Å². The SMILES string of the molecule is COc1ccc(CNC(C)(C)C(C)Cl)cc1F. The van der Waals surface area contributed by atoms with Gasteiger partial charge >= 0.3 is 0 Å². The van der Waals surface area contributed by atoms with Gasteiger partial charge in [-0.15, -0.1) is 11.6 Å². The lowest BCUT2D eigenvalue weighted by atomic mass is 10.0. The molecule has 1 aromatic rings. The van der Waals surface area contributed by atoms with Crippen molar-refractivity contribution in [3.63, 3.8) is 0 Å². The standard InChI is InChI=1S/C13H19ClFNO/c1-9(14)13(2,3)16-8-10-5-6-12(17-4)11(15)7-10/h5-7,9,16H,8H2,1-4H3. The van der Waals surface area contributed by atoms with Crippen LogP contribution in [0.3, 0.4) is 0 Å². The summed E-state index contributed by atoms with van der Waals surface area (Å²) in [6, 6.07) is 4.94. The quantitative estimate of drug-likeness (QED) is 0.819. The van der Waals surface area contributed by atoms with Gasteiger partial charge in [-0.1, -0.05) is 6.07 Å². The summed E-state index contributed by atoms with van der Waals surface area (Å²) in [4.78, 5) is 0. The molecule has 0 bridgehead atoms. The van der Waals surface area contributed by atoms with Gasteiger partial charge in [0.2, 0.25) is 0 Å². The van der Waals surface area contributed by atoms with Crippen LogP contribution in [0, 0.1) is 5.82 Å². The number of hydrogen-bond donors (Lipinski definition) is 1. The van der Waals surface area contributed by atoms with Crippen molar-refractivity contribution in [2.24, 2.45) is 0 Å². The number of nitrogens with one attached hydrogen (secondary N) is 1. The van der Waals surface area contributed by atoms with Crippen molar-refractivity contribution in [3.05, 3.63) is 29.6 Å². The molecule has 0 aliphatic rings. The smallest absolute Gasteiger partial charge is 0.165 e. The normalized spacial score (nSPS) is 13.5. The molecule has 17 heavy (non-hydrogen) atoms. The second kappa shape index (κ2) is 5.69. The van der Waals surface area contributed by atoms with Crippen LogP contribution >= 0.6 is 11.6 Å². The van der Waals surface area contributed by atoms with E-state index in [0.29, 0.717) is 6.54 Å². The fourth-order valence-electron chi connectivity index (χ4n) is 1.29. The van der Waals surface area contributed by atoms with Gasteiger partial charge in [-0.2, -0.15) is 0 Å². The topological polar surface area (TPSA) is 21.3 Å². The summed E-state index contributed by atoms with van der Waals surface area (Å²) in [5, 5.41) is 3.29. The molecule has 1 aromatic carbocycles. The molecule has 4 heteroatoms. The lowest BCUT2D eigenvalue weighted by Gasteiger charge is -2.29. The van der Waals surface area contributed by atoms with E-state index in [9.17, 15) is 4.39 Å². The molecule has 1 N–H and O–H groups in total. The van der Waals surface area contributed by atoms with Gasteiger partial charge in [0.25, 0.3) is 0 Å². The molecule has 0 amide bonds. The van der Waals surface area contributed by atoms with Gasteiger partial charge < -0.3 is 10.1 Å². The third-order valence-corrected chi connectivity index (χ3v) is 3.50. The van der Waals surface area contributed by atoms with E-state index in [4.69, 9.17) is 16.3 Å². The second-order valence-corrected chi connectivity index (χ2v) is 5.31. The Morgan fingerprint density at radius 1 is 1.47 bits per heavy atom. The first-order valence-electron chi connectivity index (χ1n) is 5.58. The second-order valence-electron chi connectivity index (χ2n) is 4.66. The summed E-state index contributed by atoms with van der Waals surface area (Å²) in [7, 11) is 1.45. The molecule has 0 aliphatic carbocycles.